The van der Waals surface area contributed by atoms with Gasteiger partial charge in [0.1, 0.15) is 5.76 Å². The summed E-state index contributed by atoms with van der Waals surface area (Å²) < 4.78 is 0. The van der Waals surface area contributed by atoms with Crippen LogP contribution in [-0.2, 0) is 4.79 Å². The van der Waals surface area contributed by atoms with Crippen molar-refractivity contribution in [3.05, 3.63) is 41.8 Å². The molecule has 2 N–H and O–H groups in total. The van der Waals surface area contributed by atoms with Crippen molar-refractivity contribution in [3.63, 3.8) is 0 Å². The number of fused-ring (bicyclic) bond motifs is 1. The summed E-state index contributed by atoms with van der Waals surface area (Å²) in [5.74, 6) is 0.523. The van der Waals surface area contributed by atoms with Crippen molar-refractivity contribution >= 4 is 28.1 Å². The smallest absolute Gasteiger partial charge is 0.176 e. The normalized spacial score (nSPS) is 18.1. The molecule has 0 bridgehead atoms. The fourth-order valence-electron chi connectivity index (χ4n) is 3.00. The van der Waals surface area contributed by atoms with E-state index in [2.05, 4.69) is 20.7 Å². The van der Waals surface area contributed by atoms with Gasteiger partial charge in [0.25, 0.3) is 0 Å². The molecule has 24 heavy (non-hydrogen) atoms. The number of anilines is 1. The van der Waals surface area contributed by atoms with E-state index in [4.69, 9.17) is 0 Å². The van der Waals surface area contributed by atoms with Crippen LogP contribution in [0.1, 0.15) is 33.6 Å². The number of benzene rings is 1. The van der Waals surface area contributed by atoms with Gasteiger partial charge in [-0.3, -0.25) is 10.2 Å². The van der Waals surface area contributed by atoms with Gasteiger partial charge in [-0.05, 0) is 12.3 Å². The SMILES string of the molecule is C/C(=N\Nc1nncc2ccccc12)C1=C(O)CC(C)(C)CC1=O. The largest absolute Gasteiger partial charge is 0.511 e. The highest BCUT2D eigenvalue weighted by molar-refractivity contribution is 6.22. The maximum atomic E-state index is 12.3. The van der Waals surface area contributed by atoms with E-state index >= 15 is 0 Å². The minimum Gasteiger partial charge on any atom is -0.511 e. The monoisotopic (exact) mass is 324 g/mol. The molecule has 0 fully saturated rings. The van der Waals surface area contributed by atoms with E-state index in [0.29, 0.717) is 29.9 Å². The lowest BCUT2D eigenvalue weighted by Crippen LogP contribution is -2.28. The summed E-state index contributed by atoms with van der Waals surface area (Å²) in [5.41, 5.74) is 3.39. The zero-order valence-electron chi connectivity index (χ0n) is 14.0. The zero-order chi connectivity index (χ0) is 17.3. The summed E-state index contributed by atoms with van der Waals surface area (Å²) in [6.07, 6.45) is 2.54. The number of aliphatic hydroxyl groups excluding tert-OH is 1. The average Bonchev–Trinajstić information content (AvgIpc) is 2.51. The van der Waals surface area contributed by atoms with Crippen LogP contribution in [0.4, 0.5) is 5.82 Å². The number of carbonyl (C=O) groups is 1. The van der Waals surface area contributed by atoms with Gasteiger partial charge >= 0.3 is 0 Å². The van der Waals surface area contributed by atoms with E-state index in [-0.39, 0.29) is 17.0 Å². The van der Waals surface area contributed by atoms with Gasteiger partial charge in [0.05, 0.1) is 17.5 Å². The molecule has 1 heterocycles. The molecule has 0 amide bonds. The van der Waals surface area contributed by atoms with Crippen LogP contribution in [0.25, 0.3) is 10.8 Å². The summed E-state index contributed by atoms with van der Waals surface area (Å²) in [4.78, 5) is 12.3. The fourth-order valence-corrected chi connectivity index (χ4v) is 3.00. The second-order valence-electron chi connectivity index (χ2n) is 6.85. The summed E-state index contributed by atoms with van der Waals surface area (Å²) in [6.45, 7) is 5.63. The van der Waals surface area contributed by atoms with Crippen molar-refractivity contribution in [1.29, 1.82) is 0 Å². The molecule has 124 valence electrons. The van der Waals surface area contributed by atoms with Crippen LogP contribution in [-0.4, -0.2) is 26.8 Å². The van der Waals surface area contributed by atoms with E-state index in [1.165, 1.54) is 0 Å². The zero-order valence-corrected chi connectivity index (χ0v) is 14.0. The lowest BCUT2D eigenvalue weighted by atomic mass is 9.76. The van der Waals surface area contributed by atoms with Crippen LogP contribution in [0.5, 0.6) is 0 Å². The third-order valence-electron chi connectivity index (χ3n) is 4.11. The first kappa shape index (κ1) is 16.1. The van der Waals surface area contributed by atoms with Crippen LogP contribution >= 0.6 is 0 Å². The van der Waals surface area contributed by atoms with E-state index in [0.717, 1.165) is 10.8 Å². The minimum absolute atomic E-state index is 0.0872. The first-order chi connectivity index (χ1) is 11.4. The molecule has 0 saturated heterocycles. The van der Waals surface area contributed by atoms with Gasteiger partial charge in [0.2, 0.25) is 0 Å². The number of rotatable bonds is 3. The number of ketones is 1. The predicted octanol–water partition coefficient (Wildman–Crippen LogP) is 3.62. The van der Waals surface area contributed by atoms with Crippen LogP contribution in [0.2, 0.25) is 0 Å². The molecule has 3 rings (SSSR count). The molecule has 1 aromatic heterocycles. The lowest BCUT2D eigenvalue weighted by Gasteiger charge is -2.29. The van der Waals surface area contributed by atoms with E-state index in [1.54, 1.807) is 13.1 Å². The Balaban J connectivity index is 1.90. The Morgan fingerprint density at radius 1 is 1.29 bits per heavy atom. The minimum atomic E-state index is -0.223. The van der Waals surface area contributed by atoms with E-state index in [1.807, 2.05) is 38.1 Å². The molecule has 0 unspecified atom stereocenters. The topological polar surface area (TPSA) is 87.5 Å². The van der Waals surface area contributed by atoms with E-state index in [9.17, 15) is 9.90 Å². The van der Waals surface area contributed by atoms with Crippen molar-refractivity contribution in [3.8, 4) is 0 Å². The molecule has 6 nitrogen and oxygen atoms in total. The molecule has 0 aliphatic heterocycles. The van der Waals surface area contributed by atoms with Gasteiger partial charge in [-0.15, -0.1) is 5.10 Å². The van der Waals surface area contributed by atoms with Gasteiger partial charge in [-0.2, -0.15) is 10.2 Å². The molecule has 0 radical (unpaired) electrons. The van der Waals surface area contributed by atoms with Crippen molar-refractivity contribution in [1.82, 2.24) is 10.2 Å². The summed E-state index contributed by atoms with van der Waals surface area (Å²) in [7, 11) is 0. The first-order valence-corrected chi connectivity index (χ1v) is 7.84. The molecular weight excluding hydrogens is 304 g/mol. The molecular formula is C18H20N4O2. The maximum Gasteiger partial charge on any atom is 0.176 e. The Kier molecular flexibility index (Phi) is 4.05. The number of hydrogen-bond donors (Lipinski definition) is 2. The highest BCUT2D eigenvalue weighted by Crippen LogP contribution is 2.36. The van der Waals surface area contributed by atoms with Crippen molar-refractivity contribution in [2.45, 2.75) is 33.6 Å². The highest BCUT2D eigenvalue weighted by atomic mass is 16.3. The van der Waals surface area contributed by atoms with Crippen molar-refractivity contribution < 1.29 is 9.90 Å². The number of Topliss-reactive ketones (excluding diaryl/α,β-unsaturated/α-hetero) is 1. The predicted molar refractivity (Wildman–Crippen MR) is 93.9 cm³/mol. The standard InChI is InChI=1S/C18H20N4O2/c1-11(16-14(23)8-18(2,3)9-15(16)24)20-22-17-13-7-5-4-6-12(13)10-19-21-17/h4-7,10,23H,8-9H2,1-3H3,(H,21,22)/b20-11+. The number of nitrogens with zero attached hydrogens (tertiary/aromatic N) is 3. The molecule has 6 heteroatoms. The summed E-state index contributed by atoms with van der Waals surface area (Å²) in [6, 6.07) is 7.69. The average molecular weight is 324 g/mol. The molecule has 0 saturated carbocycles. The summed E-state index contributed by atoms with van der Waals surface area (Å²) in [5, 5.41) is 24.3. The Morgan fingerprint density at radius 3 is 2.79 bits per heavy atom. The van der Waals surface area contributed by atoms with Crippen LogP contribution in [0, 0.1) is 5.41 Å². The van der Waals surface area contributed by atoms with Gasteiger partial charge in [0, 0.05) is 23.6 Å². The quantitative estimate of drug-likeness (QED) is 0.665. The Labute approximate surface area is 140 Å². The first-order valence-electron chi connectivity index (χ1n) is 7.84. The van der Waals surface area contributed by atoms with Crippen LogP contribution < -0.4 is 5.43 Å². The third-order valence-corrected chi connectivity index (χ3v) is 4.11. The number of allylic oxidation sites excluding steroid dienone is 2. The Morgan fingerprint density at radius 2 is 2.04 bits per heavy atom. The number of carbonyl (C=O) groups excluding carboxylic acids is 1. The molecule has 1 aromatic carbocycles. The van der Waals surface area contributed by atoms with Gasteiger partial charge in [-0.1, -0.05) is 38.1 Å². The number of aliphatic hydroxyl groups is 1. The number of hydrazone groups is 1. The lowest BCUT2D eigenvalue weighted by molar-refractivity contribution is -0.117. The highest BCUT2D eigenvalue weighted by Gasteiger charge is 2.34. The van der Waals surface area contributed by atoms with Gasteiger partial charge < -0.3 is 5.11 Å². The number of nitrogens with one attached hydrogen (secondary N) is 1. The van der Waals surface area contributed by atoms with E-state index < -0.39 is 0 Å². The molecule has 1 aliphatic rings. The van der Waals surface area contributed by atoms with Crippen LogP contribution in [0.15, 0.2) is 46.9 Å². The fraction of sp³-hybridized carbons (Fsp3) is 0.333. The second kappa shape index (κ2) is 6.03. The third kappa shape index (κ3) is 3.13. The van der Waals surface area contributed by atoms with Crippen molar-refractivity contribution in [2.75, 3.05) is 5.43 Å². The van der Waals surface area contributed by atoms with Crippen LogP contribution in [0.3, 0.4) is 0 Å². The molecule has 1 aliphatic carbocycles. The molecule has 0 spiro atoms. The van der Waals surface area contributed by atoms with Gasteiger partial charge in [-0.25, -0.2) is 0 Å². The number of aromatic nitrogens is 2. The summed E-state index contributed by atoms with van der Waals surface area (Å²) >= 11 is 0. The second-order valence-corrected chi connectivity index (χ2v) is 6.85. The maximum absolute atomic E-state index is 12.3. The molecule has 2 aromatic rings. The molecule has 0 atom stereocenters. The number of hydrogen-bond acceptors (Lipinski definition) is 6. The Hall–Kier alpha value is -2.76. The van der Waals surface area contributed by atoms with Gasteiger partial charge in [0.15, 0.2) is 11.6 Å². The van der Waals surface area contributed by atoms with Crippen molar-refractivity contribution in [2.24, 2.45) is 10.5 Å². The Bertz CT molecular complexity index is 863.